The fourth-order valence-electron chi connectivity index (χ4n) is 1.28. The zero-order valence-corrected chi connectivity index (χ0v) is 10.0. The lowest BCUT2D eigenvalue weighted by atomic mass is 10.2. The molecule has 0 saturated carbocycles. The van der Waals surface area contributed by atoms with Crippen molar-refractivity contribution < 1.29 is 22.4 Å². The topological polar surface area (TPSA) is 41.1 Å². The van der Waals surface area contributed by atoms with E-state index in [1.54, 1.807) is 24.3 Å². The summed E-state index contributed by atoms with van der Waals surface area (Å²) in [5, 5.41) is 4.48. The first-order chi connectivity index (χ1) is 8.92. The van der Waals surface area contributed by atoms with E-state index < -0.39 is 31.3 Å². The molecule has 2 N–H and O–H groups in total. The number of carbonyl (C=O) groups is 1. The quantitative estimate of drug-likeness (QED) is 0.747. The zero-order chi connectivity index (χ0) is 14.3. The standard InChI is InChI=1S/C12H14F4N2O/c13-11(14)12(15,16)8-17-7-10(19)18-6-9-4-2-1-3-5-9/h1-5,11,17H,6-8H2,(H,18,19). The van der Waals surface area contributed by atoms with Crippen LogP contribution < -0.4 is 10.6 Å². The minimum atomic E-state index is -4.13. The van der Waals surface area contributed by atoms with Crippen LogP contribution in [0.3, 0.4) is 0 Å². The van der Waals surface area contributed by atoms with Gasteiger partial charge in [-0.05, 0) is 5.56 Å². The summed E-state index contributed by atoms with van der Waals surface area (Å²) < 4.78 is 48.6. The lowest BCUT2D eigenvalue weighted by Crippen LogP contribution is -2.42. The van der Waals surface area contributed by atoms with Crippen LogP contribution in [0.4, 0.5) is 17.6 Å². The van der Waals surface area contributed by atoms with Crippen molar-refractivity contribution in [2.75, 3.05) is 13.1 Å². The van der Waals surface area contributed by atoms with Crippen molar-refractivity contribution in [2.45, 2.75) is 18.9 Å². The van der Waals surface area contributed by atoms with Crippen LogP contribution in [0.1, 0.15) is 5.56 Å². The number of halogens is 4. The van der Waals surface area contributed by atoms with Gasteiger partial charge in [0.05, 0.1) is 13.1 Å². The number of rotatable bonds is 7. The van der Waals surface area contributed by atoms with Crippen molar-refractivity contribution in [1.29, 1.82) is 0 Å². The predicted octanol–water partition coefficient (Wildman–Crippen LogP) is 1.79. The molecule has 106 valence electrons. The van der Waals surface area contributed by atoms with Gasteiger partial charge in [-0.2, -0.15) is 8.78 Å². The molecule has 1 amide bonds. The van der Waals surface area contributed by atoms with Crippen LogP contribution in [0.15, 0.2) is 30.3 Å². The van der Waals surface area contributed by atoms with Gasteiger partial charge in [0, 0.05) is 6.54 Å². The number of hydrogen-bond donors (Lipinski definition) is 2. The zero-order valence-electron chi connectivity index (χ0n) is 10.0. The Morgan fingerprint density at radius 1 is 1.21 bits per heavy atom. The smallest absolute Gasteiger partial charge is 0.319 e. The molecule has 7 heteroatoms. The lowest BCUT2D eigenvalue weighted by molar-refractivity contribution is -0.128. The van der Waals surface area contributed by atoms with Crippen molar-refractivity contribution >= 4 is 5.91 Å². The summed E-state index contributed by atoms with van der Waals surface area (Å²) >= 11 is 0. The van der Waals surface area contributed by atoms with Gasteiger partial charge in [0.1, 0.15) is 0 Å². The van der Waals surface area contributed by atoms with Gasteiger partial charge in [-0.3, -0.25) is 4.79 Å². The molecule has 0 unspecified atom stereocenters. The molecule has 1 aromatic rings. The van der Waals surface area contributed by atoms with Gasteiger partial charge in [-0.1, -0.05) is 30.3 Å². The molecule has 0 radical (unpaired) electrons. The normalized spacial score (nSPS) is 11.6. The Morgan fingerprint density at radius 2 is 1.84 bits per heavy atom. The van der Waals surface area contributed by atoms with Crippen molar-refractivity contribution in [1.82, 2.24) is 10.6 Å². The number of benzene rings is 1. The Balaban J connectivity index is 2.22. The number of amides is 1. The van der Waals surface area contributed by atoms with Crippen molar-refractivity contribution in [3.63, 3.8) is 0 Å². The molecule has 0 spiro atoms. The molecular formula is C12H14F4N2O. The molecule has 0 atom stereocenters. The Kier molecular flexibility index (Phi) is 5.75. The Hall–Kier alpha value is -1.63. The molecule has 3 nitrogen and oxygen atoms in total. The molecule has 0 bridgehead atoms. The summed E-state index contributed by atoms with van der Waals surface area (Å²) in [6.07, 6.45) is -3.74. The second kappa shape index (κ2) is 7.08. The van der Waals surface area contributed by atoms with Crippen molar-refractivity contribution in [2.24, 2.45) is 0 Å². The predicted molar refractivity (Wildman–Crippen MR) is 62.1 cm³/mol. The lowest BCUT2D eigenvalue weighted by Gasteiger charge is -2.15. The second-order valence-electron chi connectivity index (χ2n) is 3.93. The molecule has 19 heavy (non-hydrogen) atoms. The first kappa shape index (κ1) is 15.4. The van der Waals surface area contributed by atoms with Crippen LogP contribution in [-0.2, 0) is 11.3 Å². The molecule has 1 rings (SSSR count). The average Bonchev–Trinajstić information content (AvgIpc) is 2.37. The monoisotopic (exact) mass is 278 g/mol. The SMILES string of the molecule is O=C(CNCC(F)(F)C(F)F)NCc1ccccc1. The van der Waals surface area contributed by atoms with E-state index in [2.05, 4.69) is 5.32 Å². The van der Waals surface area contributed by atoms with Crippen LogP contribution in [0.5, 0.6) is 0 Å². The highest BCUT2D eigenvalue weighted by atomic mass is 19.3. The molecule has 0 aromatic heterocycles. The van der Waals surface area contributed by atoms with Crippen LogP contribution in [-0.4, -0.2) is 31.3 Å². The van der Waals surface area contributed by atoms with E-state index in [4.69, 9.17) is 0 Å². The van der Waals surface area contributed by atoms with Gasteiger partial charge in [0.2, 0.25) is 5.91 Å². The summed E-state index contributed by atoms with van der Waals surface area (Å²) in [6.45, 7) is -1.41. The Morgan fingerprint density at radius 3 is 2.42 bits per heavy atom. The van der Waals surface area contributed by atoms with E-state index in [0.717, 1.165) is 5.56 Å². The Bertz CT molecular complexity index is 398. The van der Waals surface area contributed by atoms with Crippen LogP contribution in [0, 0.1) is 0 Å². The van der Waals surface area contributed by atoms with E-state index in [1.807, 2.05) is 11.4 Å². The molecule has 0 fully saturated rings. The number of nitrogens with one attached hydrogen (secondary N) is 2. The van der Waals surface area contributed by atoms with E-state index in [1.165, 1.54) is 0 Å². The average molecular weight is 278 g/mol. The van der Waals surface area contributed by atoms with Crippen molar-refractivity contribution in [3.05, 3.63) is 35.9 Å². The third kappa shape index (κ3) is 5.69. The number of hydrogen-bond acceptors (Lipinski definition) is 2. The highest BCUT2D eigenvalue weighted by Crippen LogP contribution is 2.21. The molecular weight excluding hydrogens is 264 g/mol. The van der Waals surface area contributed by atoms with Crippen LogP contribution >= 0.6 is 0 Å². The maximum absolute atomic E-state index is 12.5. The number of alkyl halides is 4. The van der Waals surface area contributed by atoms with Gasteiger partial charge in [0.15, 0.2) is 0 Å². The summed E-state index contributed by atoms with van der Waals surface area (Å²) in [4.78, 5) is 11.3. The van der Waals surface area contributed by atoms with E-state index in [0.29, 0.717) is 0 Å². The maximum atomic E-state index is 12.5. The van der Waals surface area contributed by atoms with Crippen LogP contribution in [0.25, 0.3) is 0 Å². The second-order valence-corrected chi connectivity index (χ2v) is 3.93. The fourth-order valence-corrected chi connectivity index (χ4v) is 1.28. The van der Waals surface area contributed by atoms with Gasteiger partial charge < -0.3 is 10.6 Å². The molecule has 0 aliphatic rings. The number of carbonyl (C=O) groups excluding carboxylic acids is 1. The minimum Gasteiger partial charge on any atom is -0.351 e. The molecule has 0 aliphatic heterocycles. The third-order valence-electron chi connectivity index (χ3n) is 2.30. The largest absolute Gasteiger partial charge is 0.351 e. The maximum Gasteiger partial charge on any atom is 0.319 e. The van der Waals surface area contributed by atoms with E-state index >= 15 is 0 Å². The van der Waals surface area contributed by atoms with E-state index in [-0.39, 0.29) is 6.54 Å². The minimum absolute atomic E-state index is 0.257. The van der Waals surface area contributed by atoms with E-state index in [9.17, 15) is 22.4 Å². The first-order valence-electron chi connectivity index (χ1n) is 5.59. The fraction of sp³-hybridized carbons (Fsp3) is 0.417. The van der Waals surface area contributed by atoms with Gasteiger partial charge in [0.25, 0.3) is 0 Å². The van der Waals surface area contributed by atoms with Gasteiger partial charge in [-0.15, -0.1) is 0 Å². The molecule has 0 heterocycles. The summed E-state index contributed by atoms with van der Waals surface area (Å²) in [5.41, 5.74) is 0.855. The highest BCUT2D eigenvalue weighted by molar-refractivity contribution is 5.77. The van der Waals surface area contributed by atoms with Gasteiger partial charge >= 0.3 is 12.3 Å². The Labute approximate surface area is 108 Å². The third-order valence-corrected chi connectivity index (χ3v) is 2.30. The first-order valence-corrected chi connectivity index (χ1v) is 5.59. The molecule has 0 aliphatic carbocycles. The van der Waals surface area contributed by atoms with Crippen LogP contribution in [0.2, 0.25) is 0 Å². The summed E-state index contributed by atoms with van der Waals surface area (Å²) in [7, 11) is 0. The summed E-state index contributed by atoms with van der Waals surface area (Å²) in [6, 6.07) is 8.99. The van der Waals surface area contributed by atoms with Gasteiger partial charge in [-0.25, -0.2) is 8.78 Å². The molecule has 1 aromatic carbocycles. The summed E-state index contributed by atoms with van der Waals surface area (Å²) in [5.74, 6) is -4.66. The molecule has 0 saturated heterocycles. The highest BCUT2D eigenvalue weighted by Gasteiger charge is 2.40. The van der Waals surface area contributed by atoms with Crippen molar-refractivity contribution in [3.8, 4) is 0 Å².